The quantitative estimate of drug-likeness (QED) is 0.916. The number of piperidine rings is 1. The van der Waals surface area contributed by atoms with Crippen molar-refractivity contribution >= 4 is 11.0 Å². The summed E-state index contributed by atoms with van der Waals surface area (Å²) in [6.07, 6.45) is 2.50. The number of aryl methyl sites for hydroxylation is 1. The van der Waals surface area contributed by atoms with Crippen LogP contribution in [0.1, 0.15) is 19.8 Å². The second-order valence-electron chi connectivity index (χ2n) is 5.15. The van der Waals surface area contributed by atoms with E-state index in [1.807, 2.05) is 18.2 Å². The smallest absolute Gasteiger partial charge is 0.297 e. The molecule has 2 aromatic rings. The van der Waals surface area contributed by atoms with Gasteiger partial charge in [0.25, 0.3) is 6.01 Å². The van der Waals surface area contributed by atoms with Crippen molar-refractivity contribution in [2.45, 2.75) is 26.3 Å². The first-order valence-electron chi connectivity index (χ1n) is 7.17. The number of aromatic nitrogens is 2. The zero-order valence-corrected chi connectivity index (χ0v) is 11.4. The van der Waals surface area contributed by atoms with Gasteiger partial charge < -0.3 is 10.1 Å². The number of hydrogen-bond donors (Lipinski definition) is 1. The van der Waals surface area contributed by atoms with Crippen molar-refractivity contribution in [1.82, 2.24) is 14.9 Å². The fourth-order valence-corrected chi connectivity index (χ4v) is 2.73. The molecule has 1 N–H and O–H groups in total. The number of nitrogens with one attached hydrogen (secondary N) is 1. The van der Waals surface area contributed by atoms with Gasteiger partial charge in [0.2, 0.25) is 0 Å². The normalized spacial score (nSPS) is 19.7. The highest BCUT2D eigenvalue weighted by Gasteiger charge is 2.16. The summed E-state index contributed by atoms with van der Waals surface area (Å²) in [6.45, 7) is 5.98. The van der Waals surface area contributed by atoms with Crippen LogP contribution in [-0.4, -0.2) is 29.2 Å². The molecule has 4 nitrogen and oxygen atoms in total. The Morgan fingerprint density at radius 3 is 3.11 bits per heavy atom. The molecule has 0 bridgehead atoms. The number of ether oxygens (including phenoxy) is 1. The van der Waals surface area contributed by atoms with E-state index in [1.165, 1.54) is 12.8 Å². The van der Waals surface area contributed by atoms with Crippen LogP contribution in [-0.2, 0) is 6.54 Å². The lowest BCUT2D eigenvalue weighted by molar-refractivity contribution is 0.199. The molecule has 0 spiro atoms. The molecule has 3 rings (SSSR count). The van der Waals surface area contributed by atoms with Crippen molar-refractivity contribution in [2.75, 3.05) is 19.7 Å². The Labute approximate surface area is 113 Å². The number of imidazole rings is 1. The number of nitrogens with zero attached hydrogens (tertiary/aromatic N) is 2. The predicted molar refractivity (Wildman–Crippen MR) is 76.5 cm³/mol. The summed E-state index contributed by atoms with van der Waals surface area (Å²) in [5.41, 5.74) is 2.17. The average Bonchev–Trinajstić information content (AvgIpc) is 2.83. The summed E-state index contributed by atoms with van der Waals surface area (Å²) in [7, 11) is 0. The molecule has 0 unspecified atom stereocenters. The Bertz CT molecular complexity index is 543. The molecule has 19 heavy (non-hydrogen) atoms. The molecular weight excluding hydrogens is 238 g/mol. The van der Waals surface area contributed by atoms with E-state index in [9.17, 15) is 0 Å². The molecule has 0 amide bonds. The highest BCUT2D eigenvalue weighted by molar-refractivity contribution is 5.76. The Morgan fingerprint density at radius 1 is 1.42 bits per heavy atom. The third-order valence-electron chi connectivity index (χ3n) is 3.78. The molecule has 0 radical (unpaired) electrons. The van der Waals surface area contributed by atoms with E-state index >= 15 is 0 Å². The molecule has 1 aliphatic rings. The van der Waals surface area contributed by atoms with E-state index in [-0.39, 0.29) is 0 Å². The third-order valence-corrected chi connectivity index (χ3v) is 3.78. The first-order chi connectivity index (χ1) is 9.38. The molecule has 1 fully saturated rings. The molecule has 1 atom stereocenters. The highest BCUT2D eigenvalue weighted by Crippen LogP contribution is 2.22. The number of rotatable bonds is 4. The van der Waals surface area contributed by atoms with Crippen LogP contribution in [0.5, 0.6) is 6.01 Å². The standard InChI is InChI=1S/C15H21N3O/c1-2-18-14-8-4-3-7-13(14)17-15(18)19-11-12-6-5-9-16-10-12/h3-4,7-8,12,16H,2,5-6,9-11H2,1H3/t12-/m0/s1. The summed E-state index contributed by atoms with van der Waals surface area (Å²) in [5, 5.41) is 3.42. The Morgan fingerprint density at radius 2 is 2.32 bits per heavy atom. The molecular formula is C15H21N3O. The van der Waals surface area contributed by atoms with Crippen molar-refractivity contribution < 1.29 is 4.74 Å². The molecule has 0 aliphatic carbocycles. The minimum atomic E-state index is 0.610. The Balaban J connectivity index is 1.76. The van der Waals surface area contributed by atoms with E-state index in [2.05, 4.69) is 27.9 Å². The number of benzene rings is 1. The number of hydrogen-bond acceptors (Lipinski definition) is 3. The van der Waals surface area contributed by atoms with Gasteiger partial charge in [0, 0.05) is 19.0 Å². The monoisotopic (exact) mass is 259 g/mol. The van der Waals surface area contributed by atoms with Crippen LogP contribution < -0.4 is 10.1 Å². The fraction of sp³-hybridized carbons (Fsp3) is 0.533. The largest absolute Gasteiger partial charge is 0.464 e. The zero-order chi connectivity index (χ0) is 13.1. The van der Waals surface area contributed by atoms with E-state index in [1.54, 1.807) is 0 Å². The van der Waals surface area contributed by atoms with Gasteiger partial charge in [0.15, 0.2) is 0 Å². The van der Waals surface area contributed by atoms with Gasteiger partial charge in [-0.15, -0.1) is 0 Å². The lowest BCUT2D eigenvalue weighted by atomic mass is 10.0. The molecule has 102 valence electrons. The van der Waals surface area contributed by atoms with Crippen LogP contribution in [0.15, 0.2) is 24.3 Å². The topological polar surface area (TPSA) is 39.1 Å². The predicted octanol–water partition coefficient (Wildman–Crippen LogP) is 2.43. The zero-order valence-electron chi connectivity index (χ0n) is 11.4. The van der Waals surface area contributed by atoms with Crippen LogP contribution in [0.25, 0.3) is 11.0 Å². The minimum absolute atomic E-state index is 0.610. The van der Waals surface area contributed by atoms with Gasteiger partial charge in [-0.1, -0.05) is 12.1 Å². The minimum Gasteiger partial charge on any atom is -0.464 e. The Kier molecular flexibility index (Phi) is 3.69. The van der Waals surface area contributed by atoms with Gasteiger partial charge in [-0.3, -0.25) is 4.57 Å². The summed E-state index contributed by atoms with van der Waals surface area (Å²) in [4.78, 5) is 4.59. The van der Waals surface area contributed by atoms with E-state index in [4.69, 9.17) is 4.74 Å². The van der Waals surface area contributed by atoms with Crippen LogP contribution >= 0.6 is 0 Å². The average molecular weight is 259 g/mol. The van der Waals surface area contributed by atoms with E-state index in [0.29, 0.717) is 5.92 Å². The summed E-state index contributed by atoms with van der Waals surface area (Å²) >= 11 is 0. The molecule has 4 heteroatoms. The van der Waals surface area contributed by atoms with E-state index < -0.39 is 0 Å². The Hall–Kier alpha value is -1.55. The van der Waals surface area contributed by atoms with Gasteiger partial charge in [0.05, 0.1) is 17.6 Å². The van der Waals surface area contributed by atoms with Gasteiger partial charge in [-0.05, 0) is 38.4 Å². The van der Waals surface area contributed by atoms with Crippen LogP contribution in [0.2, 0.25) is 0 Å². The second-order valence-corrected chi connectivity index (χ2v) is 5.15. The third kappa shape index (κ3) is 2.59. The van der Waals surface area contributed by atoms with E-state index in [0.717, 1.165) is 43.3 Å². The van der Waals surface area contributed by atoms with Crippen LogP contribution in [0, 0.1) is 5.92 Å². The molecule has 1 saturated heterocycles. The lowest BCUT2D eigenvalue weighted by Crippen LogP contribution is -2.33. The second kappa shape index (κ2) is 5.61. The first-order valence-corrected chi connectivity index (χ1v) is 7.17. The van der Waals surface area contributed by atoms with Gasteiger partial charge in [0.1, 0.15) is 0 Å². The molecule has 1 aliphatic heterocycles. The van der Waals surface area contributed by atoms with Crippen molar-refractivity contribution in [1.29, 1.82) is 0 Å². The van der Waals surface area contributed by atoms with Gasteiger partial charge >= 0.3 is 0 Å². The van der Waals surface area contributed by atoms with Gasteiger partial charge in [-0.2, -0.15) is 4.98 Å². The van der Waals surface area contributed by atoms with Crippen molar-refractivity contribution in [3.8, 4) is 6.01 Å². The lowest BCUT2D eigenvalue weighted by Gasteiger charge is -2.22. The highest BCUT2D eigenvalue weighted by atomic mass is 16.5. The first kappa shape index (κ1) is 12.5. The maximum Gasteiger partial charge on any atom is 0.297 e. The summed E-state index contributed by atoms with van der Waals surface area (Å²) in [5.74, 6) is 0.610. The number of fused-ring (bicyclic) bond motifs is 1. The molecule has 2 heterocycles. The van der Waals surface area contributed by atoms with Crippen molar-refractivity contribution in [3.63, 3.8) is 0 Å². The summed E-state index contributed by atoms with van der Waals surface area (Å²) < 4.78 is 8.11. The van der Waals surface area contributed by atoms with Crippen LogP contribution in [0.3, 0.4) is 0 Å². The van der Waals surface area contributed by atoms with Crippen molar-refractivity contribution in [2.24, 2.45) is 5.92 Å². The molecule has 1 aromatic carbocycles. The number of para-hydroxylation sites is 2. The maximum atomic E-state index is 5.96. The molecule has 0 saturated carbocycles. The molecule has 1 aromatic heterocycles. The van der Waals surface area contributed by atoms with Crippen molar-refractivity contribution in [3.05, 3.63) is 24.3 Å². The fourth-order valence-electron chi connectivity index (χ4n) is 2.73. The van der Waals surface area contributed by atoms with Crippen LogP contribution in [0.4, 0.5) is 0 Å². The van der Waals surface area contributed by atoms with Gasteiger partial charge in [-0.25, -0.2) is 0 Å². The SMILES string of the molecule is CCn1c(OC[C@H]2CCCNC2)nc2ccccc21. The maximum absolute atomic E-state index is 5.96. The summed E-state index contributed by atoms with van der Waals surface area (Å²) in [6, 6.07) is 8.96.